The molecule has 0 bridgehead atoms. The molecule has 3 heterocycles. The molecule has 3 aromatic heterocycles. The summed E-state index contributed by atoms with van der Waals surface area (Å²) in [7, 11) is 0. The first-order chi connectivity index (χ1) is 17.4. The summed E-state index contributed by atoms with van der Waals surface area (Å²) in [6.45, 7) is 3.74. The Hall–Kier alpha value is -2.40. The van der Waals surface area contributed by atoms with Crippen LogP contribution in [0.15, 0.2) is 12.3 Å². The van der Waals surface area contributed by atoms with Crippen LogP contribution in [0.4, 0.5) is 11.8 Å². The van der Waals surface area contributed by atoms with Crippen molar-refractivity contribution in [2.45, 2.75) is 82.6 Å². The van der Waals surface area contributed by atoms with Gasteiger partial charge in [0.15, 0.2) is 0 Å². The molecule has 5 N–H and O–H groups in total. The van der Waals surface area contributed by atoms with Crippen molar-refractivity contribution in [2.24, 2.45) is 11.8 Å². The van der Waals surface area contributed by atoms with Crippen LogP contribution < -0.4 is 10.6 Å². The van der Waals surface area contributed by atoms with Gasteiger partial charge in [-0.25, -0.2) is 9.97 Å². The number of nitrogens with one attached hydrogen (secondary N) is 2. The molecule has 0 aromatic carbocycles. The van der Waals surface area contributed by atoms with Crippen molar-refractivity contribution >= 4 is 33.3 Å². The number of aliphatic hydroxyl groups excluding tert-OH is 3. The van der Waals surface area contributed by atoms with Crippen molar-refractivity contribution in [1.82, 2.24) is 19.9 Å². The molecule has 3 aliphatic carbocycles. The monoisotopic (exact) mass is 510 g/mol. The maximum atomic E-state index is 10.7. The van der Waals surface area contributed by atoms with E-state index in [-0.39, 0.29) is 18.1 Å². The van der Waals surface area contributed by atoms with Crippen LogP contribution in [0.25, 0.3) is 20.8 Å². The van der Waals surface area contributed by atoms with E-state index in [9.17, 15) is 15.3 Å². The van der Waals surface area contributed by atoms with E-state index in [1.165, 1.54) is 25.7 Å². The Labute approximate surface area is 214 Å². The third-order valence-electron chi connectivity index (χ3n) is 8.44. The van der Waals surface area contributed by atoms with Crippen LogP contribution >= 0.6 is 11.3 Å². The smallest absolute Gasteiger partial charge is 0.225 e. The highest BCUT2D eigenvalue weighted by molar-refractivity contribution is 7.21. The average Bonchev–Trinajstić information content (AvgIpc) is 3.19. The van der Waals surface area contributed by atoms with E-state index in [1.54, 1.807) is 17.5 Å². The van der Waals surface area contributed by atoms with E-state index in [0.29, 0.717) is 24.1 Å². The van der Waals surface area contributed by atoms with Gasteiger partial charge in [-0.2, -0.15) is 4.98 Å². The maximum Gasteiger partial charge on any atom is 0.225 e. The van der Waals surface area contributed by atoms with Crippen molar-refractivity contribution in [3.63, 3.8) is 0 Å². The number of aromatic nitrogens is 4. The molecule has 9 nitrogen and oxygen atoms in total. The molecule has 36 heavy (non-hydrogen) atoms. The number of hydrogen-bond donors (Lipinski definition) is 5. The fourth-order valence-electron chi connectivity index (χ4n) is 6.17. The summed E-state index contributed by atoms with van der Waals surface area (Å²) < 4.78 is 1.04. The minimum absolute atomic E-state index is 0.0887. The summed E-state index contributed by atoms with van der Waals surface area (Å²) in [5, 5.41) is 38.6. The first-order valence-electron chi connectivity index (χ1n) is 13.0. The van der Waals surface area contributed by atoms with Gasteiger partial charge >= 0.3 is 0 Å². The molecular weight excluding hydrogens is 476 g/mol. The zero-order valence-corrected chi connectivity index (χ0v) is 21.6. The Morgan fingerprint density at radius 1 is 1.06 bits per heavy atom. The summed E-state index contributed by atoms with van der Waals surface area (Å²) in [5.41, 5.74) is 3.41. The minimum atomic E-state index is -1.00. The number of hydrogen-bond acceptors (Lipinski definition) is 10. The molecule has 0 aliphatic heterocycles. The molecule has 0 spiro atoms. The zero-order chi connectivity index (χ0) is 25.0. The van der Waals surface area contributed by atoms with E-state index in [1.807, 2.05) is 19.9 Å². The number of pyridine rings is 1. The van der Waals surface area contributed by atoms with Crippen molar-refractivity contribution in [1.29, 1.82) is 0 Å². The van der Waals surface area contributed by atoms with Gasteiger partial charge < -0.3 is 26.0 Å². The predicted octanol–water partition coefficient (Wildman–Crippen LogP) is 3.41. The van der Waals surface area contributed by atoms with Crippen LogP contribution in [0.2, 0.25) is 0 Å². The van der Waals surface area contributed by atoms with Crippen molar-refractivity contribution in [3.05, 3.63) is 23.7 Å². The topological polar surface area (TPSA) is 136 Å². The van der Waals surface area contributed by atoms with Crippen molar-refractivity contribution in [3.8, 4) is 10.6 Å². The lowest BCUT2D eigenvalue weighted by Crippen LogP contribution is -2.36. The largest absolute Gasteiger partial charge is 0.396 e. The second-order valence-corrected chi connectivity index (χ2v) is 11.8. The van der Waals surface area contributed by atoms with Gasteiger partial charge in [-0.15, -0.1) is 11.3 Å². The number of rotatable bonds is 7. The molecule has 6 rings (SSSR count). The van der Waals surface area contributed by atoms with Gasteiger partial charge in [0.25, 0.3) is 0 Å². The highest BCUT2D eigenvalue weighted by Crippen LogP contribution is 2.51. The number of aliphatic hydroxyl groups is 3. The highest BCUT2D eigenvalue weighted by Gasteiger charge is 2.50. The molecule has 0 unspecified atom stereocenters. The standard InChI is InChI=1S/C26H34N6O3S/c1-13-19(24-30-20-14(2)27-10-7-18(20)36-24)23(29-17-11-15(12-33)21(34)22(17)35)31-25(28-13)32-26(8-9-26)16-5-3-4-6-16/h7,10,15-17,21-22,33-35H,3-6,8-9,11-12H2,1-2H3,(H2,28,29,31,32)/t15-,17-,21-,22+/m1/s1. The Balaban J connectivity index is 1.39. The number of anilines is 2. The number of aryl methyl sites for hydroxylation is 2. The Kier molecular flexibility index (Phi) is 6.10. The van der Waals surface area contributed by atoms with Crippen LogP contribution in [-0.4, -0.2) is 65.7 Å². The lowest BCUT2D eigenvalue weighted by molar-refractivity contribution is 0.00446. The average molecular weight is 511 g/mol. The molecule has 3 fully saturated rings. The van der Waals surface area contributed by atoms with Crippen molar-refractivity contribution < 1.29 is 15.3 Å². The van der Waals surface area contributed by atoms with E-state index >= 15 is 0 Å². The van der Waals surface area contributed by atoms with Crippen LogP contribution in [0.1, 0.15) is 56.3 Å². The molecule has 0 saturated heterocycles. The molecule has 192 valence electrons. The molecule has 3 aromatic rings. The van der Waals surface area contributed by atoms with Crippen LogP contribution in [0.5, 0.6) is 0 Å². The SMILES string of the molecule is Cc1nc(NC2(C3CCCC3)CC2)nc(N[C@@H]2C[C@H](CO)[C@@H](O)[C@H]2O)c1-c1nc2c(C)nccc2s1. The summed E-state index contributed by atoms with van der Waals surface area (Å²) in [5.74, 6) is 1.46. The Bertz CT molecular complexity index is 1270. The van der Waals surface area contributed by atoms with Crippen LogP contribution in [0, 0.1) is 25.7 Å². The first-order valence-corrected chi connectivity index (χ1v) is 13.8. The molecular formula is C26H34N6O3S. The Morgan fingerprint density at radius 2 is 1.83 bits per heavy atom. The fourth-order valence-corrected chi connectivity index (χ4v) is 7.28. The van der Waals surface area contributed by atoms with Gasteiger partial charge in [0.05, 0.1) is 33.8 Å². The summed E-state index contributed by atoms with van der Waals surface area (Å²) in [6, 6.07) is 1.52. The normalized spacial score (nSPS) is 27.6. The highest BCUT2D eigenvalue weighted by atomic mass is 32.1. The molecule has 10 heteroatoms. The molecule has 4 atom stereocenters. The first kappa shape index (κ1) is 24.0. The van der Waals surface area contributed by atoms with Gasteiger partial charge in [-0.1, -0.05) is 12.8 Å². The molecule has 3 aliphatic rings. The van der Waals surface area contributed by atoms with E-state index in [0.717, 1.165) is 45.0 Å². The predicted molar refractivity (Wildman–Crippen MR) is 140 cm³/mol. The lowest BCUT2D eigenvalue weighted by Gasteiger charge is -2.26. The summed E-state index contributed by atoms with van der Waals surface area (Å²) in [6.07, 6.45) is 7.62. The number of thiazole rings is 1. The van der Waals surface area contributed by atoms with Gasteiger partial charge in [0, 0.05) is 24.3 Å². The second-order valence-electron chi connectivity index (χ2n) is 10.8. The number of nitrogens with zero attached hydrogens (tertiary/aromatic N) is 4. The lowest BCUT2D eigenvalue weighted by atomic mass is 9.96. The molecule has 0 amide bonds. The van der Waals surface area contributed by atoms with Crippen molar-refractivity contribution in [2.75, 3.05) is 17.2 Å². The summed E-state index contributed by atoms with van der Waals surface area (Å²) in [4.78, 5) is 19.1. The van der Waals surface area contributed by atoms with Gasteiger partial charge in [-0.3, -0.25) is 4.98 Å². The van der Waals surface area contributed by atoms with Gasteiger partial charge in [0.1, 0.15) is 22.4 Å². The third-order valence-corrected chi connectivity index (χ3v) is 9.48. The Morgan fingerprint density at radius 3 is 2.50 bits per heavy atom. The van der Waals surface area contributed by atoms with Crippen LogP contribution in [-0.2, 0) is 0 Å². The third kappa shape index (κ3) is 4.13. The molecule has 3 saturated carbocycles. The number of fused-ring (bicyclic) bond motifs is 1. The zero-order valence-electron chi connectivity index (χ0n) is 20.7. The van der Waals surface area contributed by atoms with E-state index < -0.39 is 18.2 Å². The van der Waals surface area contributed by atoms with Gasteiger partial charge in [-0.05, 0) is 57.9 Å². The fraction of sp³-hybridized carbons (Fsp3) is 0.615. The molecule has 0 radical (unpaired) electrons. The second kappa shape index (κ2) is 9.16. The quantitative estimate of drug-likeness (QED) is 0.324. The maximum absolute atomic E-state index is 10.7. The van der Waals surface area contributed by atoms with E-state index in [2.05, 4.69) is 15.6 Å². The summed E-state index contributed by atoms with van der Waals surface area (Å²) >= 11 is 1.57. The van der Waals surface area contributed by atoms with E-state index in [4.69, 9.17) is 15.0 Å². The minimum Gasteiger partial charge on any atom is -0.396 e. The van der Waals surface area contributed by atoms with Crippen LogP contribution in [0.3, 0.4) is 0 Å². The van der Waals surface area contributed by atoms with Gasteiger partial charge in [0.2, 0.25) is 5.95 Å².